The van der Waals surface area contributed by atoms with Gasteiger partial charge in [0.05, 0.1) is 0 Å². The van der Waals surface area contributed by atoms with Crippen LogP contribution in [0.3, 0.4) is 0 Å². The van der Waals surface area contributed by atoms with Gasteiger partial charge in [-0.3, -0.25) is 4.79 Å². The molecule has 4 atom stereocenters. The van der Waals surface area contributed by atoms with Gasteiger partial charge in [0.15, 0.2) is 5.78 Å². The van der Waals surface area contributed by atoms with Crippen molar-refractivity contribution in [2.75, 3.05) is 0 Å². The molecule has 1 heterocycles. The first-order chi connectivity index (χ1) is 8.99. The Balaban J connectivity index is 2.03. The zero-order valence-electron chi connectivity index (χ0n) is 11.9. The molecule has 1 aliphatic carbocycles. The van der Waals surface area contributed by atoms with Crippen molar-refractivity contribution in [2.45, 2.75) is 40.0 Å². The molecule has 2 nitrogen and oxygen atoms in total. The lowest BCUT2D eigenvalue weighted by Gasteiger charge is -2.38. The third-order valence-electron chi connectivity index (χ3n) is 4.96. The summed E-state index contributed by atoms with van der Waals surface area (Å²) in [6.07, 6.45) is 4.18. The van der Waals surface area contributed by atoms with Gasteiger partial charge in [0.1, 0.15) is 0 Å². The van der Waals surface area contributed by atoms with Gasteiger partial charge >= 0.3 is 0 Å². The molecule has 2 rings (SSSR count). The summed E-state index contributed by atoms with van der Waals surface area (Å²) in [7, 11) is 0. The molecule has 0 aromatic carbocycles. The number of Topliss-reactive ketones (excluding diaryl/α,β-unsaturated/α-hetero) is 1. The van der Waals surface area contributed by atoms with Crippen LogP contribution in [0.2, 0.25) is 0 Å². The molecule has 0 saturated heterocycles. The fourth-order valence-electron chi connectivity index (χ4n) is 3.17. The van der Waals surface area contributed by atoms with E-state index in [-0.39, 0.29) is 5.78 Å². The van der Waals surface area contributed by atoms with Crippen LogP contribution < -0.4 is 0 Å². The summed E-state index contributed by atoms with van der Waals surface area (Å²) in [4.78, 5) is 15.7. The Bertz CT molecular complexity index is 460. The van der Waals surface area contributed by atoms with Gasteiger partial charge in [-0.1, -0.05) is 27.2 Å². The van der Waals surface area contributed by atoms with Crippen LogP contribution in [0.1, 0.15) is 50.4 Å². The molecule has 1 saturated carbocycles. The summed E-state index contributed by atoms with van der Waals surface area (Å²) in [5, 5.41) is 0. The summed E-state index contributed by atoms with van der Waals surface area (Å²) in [5.41, 5.74) is 0.450. The monoisotopic (exact) mass is 263 g/mol. The average Bonchev–Trinajstić information content (AvgIpc) is 2.39. The van der Waals surface area contributed by atoms with E-state index in [2.05, 4.69) is 25.8 Å². The van der Waals surface area contributed by atoms with Gasteiger partial charge in [-0.25, -0.2) is 4.98 Å². The van der Waals surface area contributed by atoms with E-state index >= 15 is 0 Å². The summed E-state index contributed by atoms with van der Waals surface area (Å²) in [6.45, 7) is 6.81. The zero-order valence-corrected chi connectivity index (χ0v) is 11.9. The van der Waals surface area contributed by atoms with Crippen LogP contribution in [0, 0.1) is 29.6 Å². The minimum Gasteiger partial charge on any atom is -0.294 e. The number of aromatic nitrogens is 1. The Kier molecular flexibility index (Phi) is 4.33. The number of pyridine rings is 1. The fourth-order valence-corrected chi connectivity index (χ4v) is 3.17. The molecule has 1 aromatic rings. The van der Waals surface area contributed by atoms with E-state index in [1.165, 1.54) is 18.7 Å². The lowest BCUT2D eigenvalue weighted by atomic mass is 9.67. The molecule has 1 fully saturated rings. The highest BCUT2D eigenvalue weighted by molar-refractivity contribution is 5.96. The van der Waals surface area contributed by atoms with Crippen molar-refractivity contribution in [1.29, 1.82) is 0 Å². The quantitative estimate of drug-likeness (QED) is 0.606. The second kappa shape index (κ2) is 5.81. The lowest BCUT2D eigenvalue weighted by molar-refractivity contribution is 0.0830. The van der Waals surface area contributed by atoms with Gasteiger partial charge in [-0.2, -0.15) is 4.39 Å². The molecule has 0 unspecified atom stereocenters. The van der Waals surface area contributed by atoms with Crippen molar-refractivity contribution in [3.8, 4) is 0 Å². The number of hydrogen-bond acceptors (Lipinski definition) is 2. The van der Waals surface area contributed by atoms with Gasteiger partial charge in [-0.15, -0.1) is 0 Å². The molecule has 0 N–H and O–H groups in total. The van der Waals surface area contributed by atoms with Crippen LogP contribution in [0.4, 0.5) is 4.39 Å². The van der Waals surface area contributed by atoms with Crippen molar-refractivity contribution in [2.24, 2.45) is 23.7 Å². The summed E-state index contributed by atoms with van der Waals surface area (Å²) in [6, 6.07) is 2.84. The maximum atomic E-state index is 13.0. The largest absolute Gasteiger partial charge is 0.294 e. The van der Waals surface area contributed by atoms with Crippen molar-refractivity contribution in [1.82, 2.24) is 4.98 Å². The SMILES string of the molecule is C[C@H]1[C@@H](CC(=O)c2ccnc(F)c2)CC[C@@H](C)[C@H]1C. The van der Waals surface area contributed by atoms with E-state index in [1.807, 2.05) is 0 Å². The smallest absolute Gasteiger partial charge is 0.213 e. The maximum absolute atomic E-state index is 13.0. The van der Waals surface area contributed by atoms with E-state index in [0.29, 0.717) is 29.7 Å². The number of carbonyl (C=O) groups excluding carboxylic acids is 1. The molecule has 0 amide bonds. The first-order valence-corrected chi connectivity index (χ1v) is 7.13. The second-order valence-corrected chi connectivity index (χ2v) is 6.03. The third kappa shape index (κ3) is 3.20. The second-order valence-electron chi connectivity index (χ2n) is 6.03. The summed E-state index contributed by atoms with van der Waals surface area (Å²) in [5.74, 6) is 1.83. The van der Waals surface area contributed by atoms with Crippen LogP contribution >= 0.6 is 0 Å². The number of hydrogen-bond donors (Lipinski definition) is 0. The van der Waals surface area contributed by atoms with Gasteiger partial charge in [0, 0.05) is 24.2 Å². The topological polar surface area (TPSA) is 30.0 Å². The van der Waals surface area contributed by atoms with Crippen LogP contribution in [0.15, 0.2) is 18.3 Å². The predicted octanol–water partition coefficient (Wildman–Crippen LogP) is 4.11. The molecule has 104 valence electrons. The minimum absolute atomic E-state index is 0.0416. The molecular weight excluding hydrogens is 241 g/mol. The van der Waals surface area contributed by atoms with Gasteiger partial charge < -0.3 is 0 Å². The maximum Gasteiger partial charge on any atom is 0.213 e. The van der Waals surface area contributed by atoms with Crippen molar-refractivity contribution in [3.63, 3.8) is 0 Å². The van der Waals surface area contributed by atoms with E-state index in [1.54, 1.807) is 6.07 Å². The Hall–Kier alpha value is -1.25. The molecule has 19 heavy (non-hydrogen) atoms. The fraction of sp³-hybridized carbons (Fsp3) is 0.625. The Morgan fingerprint density at radius 2 is 2.05 bits per heavy atom. The van der Waals surface area contributed by atoms with Crippen LogP contribution in [-0.4, -0.2) is 10.8 Å². The number of rotatable bonds is 3. The van der Waals surface area contributed by atoms with Gasteiger partial charge in [-0.05, 0) is 36.2 Å². The molecular formula is C16H22FNO. The average molecular weight is 263 g/mol. The highest BCUT2D eigenvalue weighted by Crippen LogP contribution is 2.40. The molecule has 1 aliphatic rings. The molecule has 0 aliphatic heterocycles. The lowest BCUT2D eigenvalue weighted by Crippen LogP contribution is -2.31. The van der Waals surface area contributed by atoms with Gasteiger partial charge in [0.2, 0.25) is 5.95 Å². The first kappa shape index (κ1) is 14.2. The number of ketones is 1. The van der Waals surface area contributed by atoms with Crippen molar-refractivity contribution < 1.29 is 9.18 Å². The number of carbonyl (C=O) groups is 1. The van der Waals surface area contributed by atoms with E-state index in [9.17, 15) is 9.18 Å². The highest BCUT2D eigenvalue weighted by Gasteiger charge is 2.32. The van der Waals surface area contributed by atoms with Gasteiger partial charge in [0.25, 0.3) is 0 Å². The van der Waals surface area contributed by atoms with E-state index in [0.717, 1.165) is 12.3 Å². The van der Waals surface area contributed by atoms with Crippen LogP contribution in [0.25, 0.3) is 0 Å². The highest BCUT2D eigenvalue weighted by atomic mass is 19.1. The van der Waals surface area contributed by atoms with Crippen molar-refractivity contribution in [3.05, 3.63) is 29.8 Å². The third-order valence-corrected chi connectivity index (χ3v) is 4.96. The first-order valence-electron chi connectivity index (χ1n) is 7.13. The number of nitrogens with zero attached hydrogens (tertiary/aromatic N) is 1. The van der Waals surface area contributed by atoms with Crippen LogP contribution in [0.5, 0.6) is 0 Å². The summed E-state index contributed by atoms with van der Waals surface area (Å²) >= 11 is 0. The van der Waals surface area contributed by atoms with E-state index < -0.39 is 5.95 Å². The Morgan fingerprint density at radius 3 is 2.74 bits per heavy atom. The summed E-state index contributed by atoms with van der Waals surface area (Å²) < 4.78 is 13.0. The normalized spacial score (nSPS) is 31.2. The molecule has 0 spiro atoms. The van der Waals surface area contributed by atoms with Crippen LogP contribution in [-0.2, 0) is 0 Å². The standard InChI is InChI=1S/C16H22FNO/c1-10-4-5-13(12(3)11(10)2)8-15(19)14-6-7-18-16(17)9-14/h6-7,9-13H,4-5,8H2,1-3H3/t10-,11-,12-,13-/m1/s1. The zero-order chi connectivity index (χ0) is 14.0. The minimum atomic E-state index is -0.579. The van der Waals surface area contributed by atoms with Crippen molar-refractivity contribution >= 4 is 5.78 Å². The Labute approximate surface area is 114 Å². The molecule has 1 aromatic heterocycles. The number of halogens is 1. The predicted molar refractivity (Wildman–Crippen MR) is 73.4 cm³/mol. The van der Waals surface area contributed by atoms with E-state index in [4.69, 9.17) is 0 Å². The molecule has 3 heteroatoms. The Morgan fingerprint density at radius 1 is 1.32 bits per heavy atom. The molecule has 0 radical (unpaired) electrons. The molecule has 0 bridgehead atoms.